The van der Waals surface area contributed by atoms with Crippen molar-refractivity contribution in [3.63, 3.8) is 0 Å². The van der Waals surface area contributed by atoms with Crippen LogP contribution in [-0.2, 0) is 13.1 Å². The predicted molar refractivity (Wildman–Crippen MR) is 67.6 cm³/mol. The van der Waals surface area contributed by atoms with Crippen LogP contribution in [-0.4, -0.2) is 34.8 Å². The molecule has 0 aliphatic heterocycles. The molecule has 0 atom stereocenters. The van der Waals surface area contributed by atoms with Crippen molar-refractivity contribution in [2.24, 2.45) is 5.73 Å². The van der Waals surface area contributed by atoms with E-state index in [0.717, 1.165) is 21.5 Å². The lowest BCUT2D eigenvalue weighted by atomic mass is 10.4. The van der Waals surface area contributed by atoms with Gasteiger partial charge >= 0.3 is 0 Å². The molecule has 19 heavy (non-hydrogen) atoms. The van der Waals surface area contributed by atoms with E-state index in [1.807, 2.05) is 10.7 Å². The summed E-state index contributed by atoms with van der Waals surface area (Å²) in [6, 6.07) is 0. The third-order valence-electron chi connectivity index (χ3n) is 3.09. The highest BCUT2D eigenvalue weighted by Gasteiger charge is 2.30. The molecule has 9 heteroatoms. The highest BCUT2D eigenvalue weighted by Crippen LogP contribution is 2.39. The quantitative estimate of drug-likeness (QED) is 0.728. The van der Waals surface area contributed by atoms with Crippen LogP contribution in [0.1, 0.15) is 35.3 Å². The molecule has 1 saturated carbocycles. The van der Waals surface area contributed by atoms with Gasteiger partial charge in [-0.05, 0) is 12.8 Å². The third-order valence-corrected chi connectivity index (χ3v) is 3.98. The van der Waals surface area contributed by atoms with Gasteiger partial charge in [-0.25, -0.2) is 4.68 Å². The summed E-state index contributed by atoms with van der Waals surface area (Å²) in [6.07, 6.45) is 4.22. The predicted octanol–water partition coefficient (Wildman–Crippen LogP) is 0.162. The van der Waals surface area contributed by atoms with Crippen molar-refractivity contribution in [3.8, 4) is 0 Å². The van der Waals surface area contributed by atoms with Crippen molar-refractivity contribution in [3.05, 3.63) is 22.7 Å². The molecule has 0 saturated heterocycles. The first kappa shape index (κ1) is 11.0. The molecule has 3 aromatic rings. The van der Waals surface area contributed by atoms with Crippen LogP contribution >= 0.6 is 11.3 Å². The van der Waals surface area contributed by atoms with Crippen molar-refractivity contribution < 1.29 is 0 Å². The van der Waals surface area contributed by atoms with E-state index < -0.39 is 0 Å². The van der Waals surface area contributed by atoms with Crippen LogP contribution < -0.4 is 5.73 Å². The number of fused-ring (bicyclic) bond motifs is 1. The standard InChI is InChI=1S/C10H12N8S/c11-3-7-4-17(16-12-7)5-8-15-18-9(6-1-2-6)13-14-10(18)19-8/h4,6H,1-3,5,11H2. The molecule has 1 aliphatic carbocycles. The molecule has 4 rings (SSSR count). The lowest BCUT2D eigenvalue weighted by molar-refractivity contribution is 0.636. The van der Waals surface area contributed by atoms with Gasteiger partial charge in [0.1, 0.15) is 5.01 Å². The second kappa shape index (κ2) is 4.07. The normalized spacial score (nSPS) is 15.4. The zero-order valence-corrected chi connectivity index (χ0v) is 10.9. The first-order valence-corrected chi connectivity index (χ1v) is 6.95. The van der Waals surface area contributed by atoms with Gasteiger partial charge in [-0.15, -0.1) is 15.3 Å². The molecule has 0 aromatic carbocycles. The number of nitrogens with zero attached hydrogens (tertiary/aromatic N) is 7. The molecular formula is C10H12N8S. The molecule has 1 aliphatic rings. The van der Waals surface area contributed by atoms with Crippen LogP contribution in [0.3, 0.4) is 0 Å². The fraction of sp³-hybridized carbons (Fsp3) is 0.500. The second-order valence-electron chi connectivity index (χ2n) is 4.63. The largest absolute Gasteiger partial charge is 0.325 e. The molecule has 0 unspecified atom stereocenters. The van der Waals surface area contributed by atoms with Crippen LogP contribution in [0, 0.1) is 0 Å². The lowest BCUT2D eigenvalue weighted by Crippen LogP contribution is -2.02. The fourth-order valence-corrected chi connectivity index (χ4v) is 2.81. The van der Waals surface area contributed by atoms with Crippen molar-refractivity contribution in [1.29, 1.82) is 0 Å². The van der Waals surface area contributed by atoms with Gasteiger partial charge in [0.05, 0.1) is 18.4 Å². The van der Waals surface area contributed by atoms with Gasteiger partial charge in [-0.2, -0.15) is 9.61 Å². The van der Waals surface area contributed by atoms with E-state index in [-0.39, 0.29) is 0 Å². The van der Waals surface area contributed by atoms with Crippen molar-refractivity contribution in [2.75, 3.05) is 0 Å². The summed E-state index contributed by atoms with van der Waals surface area (Å²) in [5, 5.41) is 21.8. The van der Waals surface area contributed by atoms with Crippen LogP contribution in [0.25, 0.3) is 4.96 Å². The Balaban J connectivity index is 1.63. The second-order valence-corrected chi connectivity index (χ2v) is 5.67. The molecule has 8 nitrogen and oxygen atoms in total. The van der Waals surface area contributed by atoms with Crippen molar-refractivity contribution in [1.82, 2.24) is 34.8 Å². The average Bonchev–Trinajstić information content (AvgIpc) is 2.85. The van der Waals surface area contributed by atoms with E-state index >= 15 is 0 Å². The number of aromatic nitrogens is 7. The summed E-state index contributed by atoms with van der Waals surface area (Å²) in [6.45, 7) is 0.988. The molecule has 3 heterocycles. The number of nitrogens with two attached hydrogens (primary N) is 1. The van der Waals surface area contributed by atoms with E-state index in [4.69, 9.17) is 5.73 Å². The van der Waals surface area contributed by atoms with Gasteiger partial charge in [-0.3, -0.25) is 0 Å². The van der Waals surface area contributed by atoms with Crippen LogP contribution in [0.4, 0.5) is 0 Å². The molecule has 2 N–H and O–H groups in total. The SMILES string of the molecule is NCc1cn(Cc2nn3c(C4CC4)nnc3s2)nn1. The highest BCUT2D eigenvalue weighted by molar-refractivity contribution is 7.16. The maximum Gasteiger partial charge on any atom is 0.234 e. The molecular weight excluding hydrogens is 264 g/mol. The van der Waals surface area contributed by atoms with Gasteiger partial charge in [0.25, 0.3) is 0 Å². The number of hydrogen-bond donors (Lipinski definition) is 1. The van der Waals surface area contributed by atoms with E-state index in [2.05, 4.69) is 25.6 Å². The van der Waals surface area contributed by atoms with Crippen LogP contribution in [0.2, 0.25) is 0 Å². The van der Waals surface area contributed by atoms with Crippen LogP contribution in [0.5, 0.6) is 0 Å². The van der Waals surface area contributed by atoms with Crippen molar-refractivity contribution >= 4 is 16.3 Å². The topological polar surface area (TPSA) is 99.8 Å². The molecule has 0 bridgehead atoms. The summed E-state index contributed by atoms with van der Waals surface area (Å²) >= 11 is 1.53. The Kier molecular flexibility index (Phi) is 2.35. The first-order valence-electron chi connectivity index (χ1n) is 6.13. The minimum Gasteiger partial charge on any atom is -0.325 e. The average molecular weight is 276 g/mol. The minimum absolute atomic E-state index is 0.400. The van der Waals surface area contributed by atoms with E-state index in [0.29, 0.717) is 19.0 Å². The Morgan fingerprint density at radius 2 is 2.21 bits per heavy atom. The Hall–Kier alpha value is -1.87. The van der Waals surface area contributed by atoms with E-state index in [9.17, 15) is 0 Å². The van der Waals surface area contributed by atoms with Gasteiger partial charge in [0.15, 0.2) is 5.82 Å². The van der Waals surface area contributed by atoms with Gasteiger partial charge in [0.2, 0.25) is 4.96 Å². The van der Waals surface area contributed by atoms with E-state index in [1.54, 1.807) is 4.68 Å². The Bertz CT molecular complexity index is 721. The third kappa shape index (κ3) is 1.90. The zero-order valence-electron chi connectivity index (χ0n) is 10.1. The molecule has 0 amide bonds. The summed E-state index contributed by atoms with van der Waals surface area (Å²) < 4.78 is 3.60. The maximum absolute atomic E-state index is 5.51. The minimum atomic E-state index is 0.400. The Morgan fingerprint density at radius 3 is 2.95 bits per heavy atom. The van der Waals surface area contributed by atoms with Gasteiger partial charge in [0, 0.05) is 12.5 Å². The zero-order chi connectivity index (χ0) is 12.8. The highest BCUT2D eigenvalue weighted by atomic mass is 32.1. The monoisotopic (exact) mass is 276 g/mol. The fourth-order valence-electron chi connectivity index (χ4n) is 1.98. The molecule has 3 aromatic heterocycles. The Morgan fingerprint density at radius 1 is 1.32 bits per heavy atom. The smallest absolute Gasteiger partial charge is 0.234 e. The van der Waals surface area contributed by atoms with Crippen molar-refractivity contribution in [2.45, 2.75) is 31.8 Å². The molecule has 98 valence electrons. The molecule has 0 spiro atoms. The summed E-state index contributed by atoms with van der Waals surface area (Å²) in [5.74, 6) is 1.53. The maximum atomic E-state index is 5.51. The van der Waals surface area contributed by atoms with E-state index in [1.165, 1.54) is 24.2 Å². The number of rotatable bonds is 4. The summed E-state index contributed by atoms with van der Waals surface area (Å²) in [7, 11) is 0. The van der Waals surface area contributed by atoms with Gasteiger partial charge < -0.3 is 5.73 Å². The number of hydrogen-bond acceptors (Lipinski definition) is 7. The molecule has 1 fully saturated rings. The van der Waals surface area contributed by atoms with Gasteiger partial charge in [-0.1, -0.05) is 16.6 Å². The molecule has 0 radical (unpaired) electrons. The first-order chi connectivity index (χ1) is 9.33. The van der Waals surface area contributed by atoms with Crippen LogP contribution in [0.15, 0.2) is 6.20 Å². The lowest BCUT2D eigenvalue weighted by Gasteiger charge is -1.94. The summed E-state index contributed by atoms with van der Waals surface area (Å²) in [5.41, 5.74) is 6.29. The summed E-state index contributed by atoms with van der Waals surface area (Å²) in [4.78, 5) is 0.844. The Labute approximate surface area is 112 Å².